The van der Waals surface area contributed by atoms with E-state index in [1.54, 1.807) is 0 Å². The number of pyridine rings is 1. The minimum Gasteiger partial charge on any atom is -0.323 e. The van der Waals surface area contributed by atoms with Crippen molar-refractivity contribution in [1.82, 2.24) is 9.38 Å². The van der Waals surface area contributed by atoms with E-state index in [0.29, 0.717) is 5.92 Å². The lowest BCUT2D eigenvalue weighted by molar-refractivity contribution is 0.755. The summed E-state index contributed by atoms with van der Waals surface area (Å²) in [7, 11) is 0. The standard InChI is InChI=1S/C20H25N3/c1-13(2)17-7-5-16(6-8-17)12-18-20(15(4)21)23-10-9-14(3)11-19(23)22-18/h5-11,13,15H,12,21H2,1-4H3. The van der Waals surface area contributed by atoms with E-state index in [2.05, 4.69) is 67.8 Å². The van der Waals surface area contributed by atoms with Gasteiger partial charge < -0.3 is 10.1 Å². The second-order valence-electron chi connectivity index (χ2n) is 6.74. The van der Waals surface area contributed by atoms with E-state index in [0.717, 1.165) is 23.5 Å². The van der Waals surface area contributed by atoms with Gasteiger partial charge in [-0.2, -0.15) is 0 Å². The highest BCUT2D eigenvalue weighted by Gasteiger charge is 2.16. The SMILES string of the molecule is Cc1ccn2c(C(C)N)c(Cc3ccc(C(C)C)cc3)nc2c1. The number of nitrogens with zero attached hydrogens (tertiary/aromatic N) is 2. The quantitative estimate of drug-likeness (QED) is 0.777. The van der Waals surface area contributed by atoms with Gasteiger partial charge in [-0.05, 0) is 48.6 Å². The van der Waals surface area contributed by atoms with Crippen LogP contribution in [-0.2, 0) is 6.42 Å². The molecule has 0 amide bonds. The maximum Gasteiger partial charge on any atom is 0.137 e. The molecule has 2 heterocycles. The molecule has 3 rings (SSSR count). The van der Waals surface area contributed by atoms with Gasteiger partial charge in [0.2, 0.25) is 0 Å². The lowest BCUT2D eigenvalue weighted by Crippen LogP contribution is -2.11. The van der Waals surface area contributed by atoms with Gasteiger partial charge in [0, 0.05) is 18.7 Å². The minimum atomic E-state index is -0.0438. The first-order valence-electron chi connectivity index (χ1n) is 8.27. The molecule has 3 heteroatoms. The van der Waals surface area contributed by atoms with Crippen LogP contribution in [0.2, 0.25) is 0 Å². The highest BCUT2D eigenvalue weighted by molar-refractivity contribution is 5.47. The normalized spacial score (nSPS) is 13.0. The fourth-order valence-corrected chi connectivity index (χ4v) is 3.04. The van der Waals surface area contributed by atoms with Crippen LogP contribution in [0.25, 0.3) is 5.65 Å². The van der Waals surface area contributed by atoms with Crippen molar-refractivity contribution in [3.8, 4) is 0 Å². The summed E-state index contributed by atoms with van der Waals surface area (Å²) in [4.78, 5) is 4.83. The number of fused-ring (bicyclic) bond motifs is 1. The molecule has 1 aromatic carbocycles. The molecular weight excluding hydrogens is 282 g/mol. The van der Waals surface area contributed by atoms with E-state index in [4.69, 9.17) is 10.7 Å². The molecule has 0 saturated carbocycles. The number of hydrogen-bond donors (Lipinski definition) is 1. The highest BCUT2D eigenvalue weighted by atomic mass is 15.0. The maximum absolute atomic E-state index is 6.22. The number of benzene rings is 1. The van der Waals surface area contributed by atoms with E-state index in [-0.39, 0.29) is 6.04 Å². The van der Waals surface area contributed by atoms with Crippen molar-refractivity contribution in [2.24, 2.45) is 5.73 Å². The Labute approximate surface area is 138 Å². The second-order valence-corrected chi connectivity index (χ2v) is 6.74. The molecule has 3 nitrogen and oxygen atoms in total. The van der Waals surface area contributed by atoms with Crippen molar-refractivity contribution in [2.75, 3.05) is 0 Å². The molecule has 0 fully saturated rings. The van der Waals surface area contributed by atoms with Crippen molar-refractivity contribution in [3.05, 3.63) is 70.7 Å². The predicted molar refractivity (Wildman–Crippen MR) is 95.9 cm³/mol. The third-order valence-corrected chi connectivity index (χ3v) is 4.34. The largest absolute Gasteiger partial charge is 0.323 e. The summed E-state index contributed by atoms with van der Waals surface area (Å²) < 4.78 is 2.12. The zero-order chi connectivity index (χ0) is 16.6. The Morgan fingerprint density at radius 1 is 1.09 bits per heavy atom. The van der Waals surface area contributed by atoms with Gasteiger partial charge in [-0.15, -0.1) is 0 Å². The first-order chi connectivity index (χ1) is 11.0. The van der Waals surface area contributed by atoms with E-state index in [1.807, 2.05) is 6.92 Å². The van der Waals surface area contributed by atoms with Gasteiger partial charge in [0.05, 0.1) is 11.4 Å². The van der Waals surface area contributed by atoms with Crippen molar-refractivity contribution < 1.29 is 0 Å². The van der Waals surface area contributed by atoms with Gasteiger partial charge in [-0.3, -0.25) is 0 Å². The van der Waals surface area contributed by atoms with Crippen LogP contribution in [0.3, 0.4) is 0 Å². The highest BCUT2D eigenvalue weighted by Crippen LogP contribution is 2.23. The molecule has 0 saturated heterocycles. The predicted octanol–water partition coefficient (Wildman–Crippen LogP) is 4.38. The lowest BCUT2D eigenvalue weighted by Gasteiger charge is -2.10. The second kappa shape index (κ2) is 6.17. The minimum absolute atomic E-state index is 0.0438. The fraction of sp³-hybridized carbons (Fsp3) is 0.350. The van der Waals surface area contributed by atoms with Crippen LogP contribution in [0.4, 0.5) is 0 Å². The zero-order valence-corrected chi connectivity index (χ0v) is 14.4. The number of aromatic nitrogens is 2. The molecule has 2 N–H and O–H groups in total. The Balaban J connectivity index is 2.00. The Hall–Kier alpha value is -2.13. The molecular formula is C20H25N3. The Morgan fingerprint density at radius 3 is 2.39 bits per heavy atom. The molecule has 2 aromatic heterocycles. The first-order valence-corrected chi connectivity index (χ1v) is 8.27. The molecule has 3 aromatic rings. The molecule has 120 valence electrons. The number of aryl methyl sites for hydroxylation is 1. The summed E-state index contributed by atoms with van der Waals surface area (Å²) >= 11 is 0. The number of imidazole rings is 1. The van der Waals surface area contributed by atoms with Gasteiger partial charge in [0.15, 0.2) is 0 Å². The molecule has 0 spiro atoms. The van der Waals surface area contributed by atoms with E-state index in [1.165, 1.54) is 16.7 Å². The molecule has 0 aliphatic carbocycles. The van der Waals surface area contributed by atoms with Crippen molar-refractivity contribution in [1.29, 1.82) is 0 Å². The smallest absolute Gasteiger partial charge is 0.137 e. The van der Waals surface area contributed by atoms with E-state index < -0.39 is 0 Å². The zero-order valence-electron chi connectivity index (χ0n) is 14.4. The van der Waals surface area contributed by atoms with Crippen LogP contribution in [0, 0.1) is 6.92 Å². The summed E-state index contributed by atoms with van der Waals surface area (Å²) in [5.41, 5.74) is 13.2. The molecule has 0 radical (unpaired) electrons. The van der Waals surface area contributed by atoms with E-state index >= 15 is 0 Å². The van der Waals surface area contributed by atoms with Gasteiger partial charge in [-0.25, -0.2) is 4.98 Å². The molecule has 23 heavy (non-hydrogen) atoms. The third kappa shape index (κ3) is 3.15. The summed E-state index contributed by atoms with van der Waals surface area (Å²) in [6, 6.07) is 13.0. The van der Waals surface area contributed by atoms with Crippen molar-refractivity contribution in [2.45, 2.75) is 46.1 Å². The first kappa shape index (κ1) is 15.8. The van der Waals surface area contributed by atoms with E-state index in [9.17, 15) is 0 Å². The monoisotopic (exact) mass is 307 g/mol. The third-order valence-electron chi connectivity index (χ3n) is 4.34. The maximum atomic E-state index is 6.22. The van der Waals surface area contributed by atoms with Crippen LogP contribution in [0.15, 0.2) is 42.6 Å². The summed E-state index contributed by atoms with van der Waals surface area (Å²) in [5.74, 6) is 0.557. The average molecular weight is 307 g/mol. The summed E-state index contributed by atoms with van der Waals surface area (Å²) in [6.07, 6.45) is 2.89. The average Bonchev–Trinajstić information content (AvgIpc) is 2.84. The van der Waals surface area contributed by atoms with Crippen molar-refractivity contribution >= 4 is 5.65 Å². The lowest BCUT2D eigenvalue weighted by atomic mass is 9.99. The van der Waals surface area contributed by atoms with Crippen molar-refractivity contribution in [3.63, 3.8) is 0 Å². The summed E-state index contributed by atoms with van der Waals surface area (Å²) in [5, 5.41) is 0. The molecule has 0 aliphatic rings. The topological polar surface area (TPSA) is 43.3 Å². The van der Waals surface area contributed by atoms with Gasteiger partial charge in [0.1, 0.15) is 5.65 Å². The van der Waals surface area contributed by atoms with Crippen LogP contribution < -0.4 is 5.73 Å². The Bertz CT molecular complexity index is 811. The van der Waals surface area contributed by atoms with Crippen LogP contribution in [0.1, 0.15) is 60.8 Å². The van der Waals surface area contributed by atoms with Crippen LogP contribution in [0.5, 0.6) is 0 Å². The van der Waals surface area contributed by atoms with Crippen LogP contribution in [-0.4, -0.2) is 9.38 Å². The van der Waals surface area contributed by atoms with Gasteiger partial charge in [0.25, 0.3) is 0 Å². The summed E-state index contributed by atoms with van der Waals surface area (Å²) in [6.45, 7) is 8.54. The number of nitrogens with two attached hydrogens (primary N) is 1. The molecule has 1 atom stereocenters. The Kier molecular flexibility index (Phi) is 4.22. The number of rotatable bonds is 4. The van der Waals surface area contributed by atoms with Crippen LogP contribution >= 0.6 is 0 Å². The van der Waals surface area contributed by atoms with Gasteiger partial charge in [-0.1, -0.05) is 38.1 Å². The van der Waals surface area contributed by atoms with Gasteiger partial charge >= 0.3 is 0 Å². The molecule has 1 unspecified atom stereocenters. The fourth-order valence-electron chi connectivity index (χ4n) is 3.04. The molecule has 0 aliphatic heterocycles. The Morgan fingerprint density at radius 2 is 1.78 bits per heavy atom. The molecule has 0 bridgehead atoms. The number of hydrogen-bond acceptors (Lipinski definition) is 2.